The van der Waals surface area contributed by atoms with Crippen LogP contribution in [0.25, 0.3) is 5.69 Å². The summed E-state index contributed by atoms with van der Waals surface area (Å²) >= 11 is 0. The molecule has 1 aromatic heterocycles. The fourth-order valence-corrected chi connectivity index (χ4v) is 1.67. The summed E-state index contributed by atoms with van der Waals surface area (Å²) in [5, 5.41) is 17.6. The van der Waals surface area contributed by atoms with Crippen LogP contribution in [-0.2, 0) is 0 Å². The van der Waals surface area contributed by atoms with E-state index in [1.54, 1.807) is 24.4 Å². The average molecular weight is 274 g/mol. The Balaban J connectivity index is 2.26. The van der Waals surface area contributed by atoms with Gasteiger partial charge in [-0.25, -0.2) is 4.68 Å². The van der Waals surface area contributed by atoms with E-state index in [9.17, 15) is 14.9 Å². The van der Waals surface area contributed by atoms with Gasteiger partial charge >= 0.3 is 0 Å². The highest BCUT2D eigenvalue weighted by atomic mass is 16.6. The van der Waals surface area contributed by atoms with Crippen molar-refractivity contribution in [1.82, 2.24) is 15.1 Å². The molecule has 1 amide bonds. The number of carbonyl (C=O) groups is 1. The molecular formula is C13H14N4O3. The number of aromatic nitrogens is 2. The lowest BCUT2D eigenvalue weighted by Crippen LogP contribution is -2.30. The zero-order chi connectivity index (χ0) is 14.7. The minimum absolute atomic E-state index is 0.0189. The first kappa shape index (κ1) is 13.7. The third-order valence-corrected chi connectivity index (χ3v) is 2.55. The number of hydrogen-bond acceptors (Lipinski definition) is 4. The predicted octanol–water partition coefficient (Wildman–Crippen LogP) is 1.92. The lowest BCUT2D eigenvalue weighted by atomic mass is 10.3. The maximum atomic E-state index is 11.8. The fraction of sp³-hybridized carbons (Fsp3) is 0.231. The number of carbonyl (C=O) groups excluding carboxylic acids is 1. The first-order valence-corrected chi connectivity index (χ1v) is 6.09. The Morgan fingerprint density at radius 2 is 2.15 bits per heavy atom. The third kappa shape index (κ3) is 3.00. The molecule has 0 aliphatic rings. The summed E-state index contributed by atoms with van der Waals surface area (Å²) in [6.45, 7) is 3.71. The molecule has 0 bridgehead atoms. The van der Waals surface area contributed by atoms with E-state index in [0.717, 1.165) is 0 Å². The number of rotatable bonds is 4. The number of benzene rings is 1. The molecule has 2 rings (SSSR count). The molecule has 1 heterocycles. The van der Waals surface area contributed by atoms with Crippen LogP contribution in [0.5, 0.6) is 0 Å². The summed E-state index contributed by atoms with van der Waals surface area (Å²) in [5.41, 5.74) is 0.777. The lowest BCUT2D eigenvalue weighted by Gasteiger charge is -2.05. The molecule has 20 heavy (non-hydrogen) atoms. The summed E-state index contributed by atoms with van der Waals surface area (Å²) in [6, 6.07) is 7.64. The molecule has 0 fully saturated rings. The van der Waals surface area contributed by atoms with E-state index in [4.69, 9.17) is 0 Å². The lowest BCUT2D eigenvalue weighted by molar-refractivity contribution is -0.384. The highest BCUT2D eigenvalue weighted by molar-refractivity contribution is 5.92. The van der Waals surface area contributed by atoms with Crippen LogP contribution < -0.4 is 5.32 Å². The van der Waals surface area contributed by atoms with Crippen molar-refractivity contribution in [2.75, 3.05) is 0 Å². The Labute approximate surface area is 115 Å². The average Bonchev–Trinajstić information content (AvgIpc) is 2.87. The molecule has 1 aromatic carbocycles. The summed E-state index contributed by atoms with van der Waals surface area (Å²) in [5.74, 6) is -0.274. The second-order valence-electron chi connectivity index (χ2n) is 4.55. The van der Waals surface area contributed by atoms with Gasteiger partial charge in [-0.05, 0) is 26.0 Å². The number of nitrogens with zero attached hydrogens (tertiary/aromatic N) is 3. The van der Waals surface area contributed by atoms with Crippen LogP contribution in [0.3, 0.4) is 0 Å². The smallest absolute Gasteiger partial charge is 0.271 e. The van der Waals surface area contributed by atoms with Gasteiger partial charge in [-0.2, -0.15) is 5.10 Å². The highest BCUT2D eigenvalue weighted by Crippen LogP contribution is 2.16. The molecule has 0 aliphatic carbocycles. The molecule has 0 spiro atoms. The molecule has 7 nitrogen and oxygen atoms in total. The molecule has 0 aliphatic heterocycles. The molecule has 0 saturated carbocycles. The summed E-state index contributed by atoms with van der Waals surface area (Å²) in [4.78, 5) is 22.0. The van der Waals surface area contributed by atoms with E-state index in [2.05, 4.69) is 10.4 Å². The van der Waals surface area contributed by atoms with E-state index in [-0.39, 0.29) is 23.3 Å². The number of amides is 1. The molecular weight excluding hydrogens is 260 g/mol. The molecule has 0 radical (unpaired) electrons. The molecule has 0 unspecified atom stereocenters. The Morgan fingerprint density at radius 3 is 2.80 bits per heavy atom. The molecule has 0 atom stereocenters. The quantitative estimate of drug-likeness (QED) is 0.681. The topological polar surface area (TPSA) is 90.1 Å². The van der Waals surface area contributed by atoms with Crippen LogP contribution in [0.2, 0.25) is 0 Å². The Kier molecular flexibility index (Phi) is 3.79. The van der Waals surface area contributed by atoms with Gasteiger partial charge in [0, 0.05) is 24.4 Å². The van der Waals surface area contributed by atoms with Crippen molar-refractivity contribution in [3.63, 3.8) is 0 Å². The van der Waals surface area contributed by atoms with Gasteiger partial charge in [-0.15, -0.1) is 0 Å². The van der Waals surface area contributed by atoms with Gasteiger partial charge in [0.1, 0.15) is 0 Å². The Bertz CT molecular complexity index is 649. The van der Waals surface area contributed by atoms with Gasteiger partial charge in [0.05, 0.1) is 10.6 Å². The van der Waals surface area contributed by atoms with E-state index >= 15 is 0 Å². The monoisotopic (exact) mass is 274 g/mol. The zero-order valence-electron chi connectivity index (χ0n) is 11.1. The van der Waals surface area contributed by atoms with Crippen molar-refractivity contribution in [2.45, 2.75) is 19.9 Å². The first-order chi connectivity index (χ1) is 9.47. The van der Waals surface area contributed by atoms with Crippen molar-refractivity contribution in [3.05, 3.63) is 52.3 Å². The zero-order valence-corrected chi connectivity index (χ0v) is 11.1. The van der Waals surface area contributed by atoms with E-state index in [1.807, 2.05) is 13.8 Å². The SMILES string of the molecule is CC(C)NC(=O)c1ccn(-c2cccc([N+](=O)[O-])c2)n1. The molecule has 2 aromatic rings. The van der Waals surface area contributed by atoms with E-state index in [1.165, 1.54) is 16.8 Å². The first-order valence-electron chi connectivity index (χ1n) is 6.09. The summed E-state index contributed by atoms with van der Waals surface area (Å²) in [6.07, 6.45) is 1.59. The van der Waals surface area contributed by atoms with Crippen molar-refractivity contribution >= 4 is 11.6 Å². The normalized spacial score (nSPS) is 10.6. The maximum absolute atomic E-state index is 11.8. The standard InChI is InChI=1S/C13H14N4O3/c1-9(2)14-13(18)12-6-7-16(15-12)10-4-3-5-11(8-10)17(19)20/h3-9H,1-2H3,(H,14,18). The molecule has 104 valence electrons. The number of nitrogens with one attached hydrogen (secondary N) is 1. The minimum Gasteiger partial charge on any atom is -0.348 e. The molecule has 0 saturated heterocycles. The van der Waals surface area contributed by atoms with Crippen LogP contribution in [0, 0.1) is 10.1 Å². The highest BCUT2D eigenvalue weighted by Gasteiger charge is 2.12. The van der Waals surface area contributed by atoms with Crippen LogP contribution in [0.15, 0.2) is 36.5 Å². The Morgan fingerprint density at radius 1 is 1.40 bits per heavy atom. The predicted molar refractivity (Wildman–Crippen MR) is 72.8 cm³/mol. The van der Waals surface area contributed by atoms with Gasteiger partial charge in [0.2, 0.25) is 0 Å². The number of non-ortho nitro benzene ring substituents is 1. The van der Waals surface area contributed by atoms with Crippen LogP contribution >= 0.6 is 0 Å². The van der Waals surface area contributed by atoms with Crippen LogP contribution in [-0.4, -0.2) is 26.7 Å². The molecule has 7 heteroatoms. The van der Waals surface area contributed by atoms with Crippen LogP contribution in [0.4, 0.5) is 5.69 Å². The summed E-state index contributed by atoms with van der Waals surface area (Å²) < 4.78 is 1.43. The largest absolute Gasteiger partial charge is 0.348 e. The number of nitro benzene ring substituents is 1. The van der Waals surface area contributed by atoms with Gasteiger partial charge in [-0.3, -0.25) is 14.9 Å². The van der Waals surface area contributed by atoms with E-state index in [0.29, 0.717) is 5.69 Å². The van der Waals surface area contributed by atoms with Gasteiger partial charge in [0.15, 0.2) is 5.69 Å². The fourth-order valence-electron chi connectivity index (χ4n) is 1.67. The van der Waals surface area contributed by atoms with Crippen molar-refractivity contribution in [3.8, 4) is 5.69 Å². The summed E-state index contributed by atoms with van der Waals surface area (Å²) in [7, 11) is 0. The van der Waals surface area contributed by atoms with Gasteiger partial charge in [0.25, 0.3) is 11.6 Å². The van der Waals surface area contributed by atoms with Gasteiger partial charge in [-0.1, -0.05) is 6.07 Å². The van der Waals surface area contributed by atoms with Crippen molar-refractivity contribution in [2.24, 2.45) is 0 Å². The van der Waals surface area contributed by atoms with Gasteiger partial charge < -0.3 is 5.32 Å². The van der Waals surface area contributed by atoms with Crippen molar-refractivity contribution in [1.29, 1.82) is 0 Å². The number of nitro groups is 1. The van der Waals surface area contributed by atoms with E-state index < -0.39 is 4.92 Å². The van der Waals surface area contributed by atoms with Crippen molar-refractivity contribution < 1.29 is 9.72 Å². The minimum atomic E-state index is -0.473. The maximum Gasteiger partial charge on any atom is 0.271 e. The van der Waals surface area contributed by atoms with Crippen LogP contribution in [0.1, 0.15) is 24.3 Å². The Hall–Kier alpha value is -2.70. The second-order valence-corrected chi connectivity index (χ2v) is 4.55. The second kappa shape index (κ2) is 5.52. The molecule has 1 N–H and O–H groups in total. The number of hydrogen-bond donors (Lipinski definition) is 1. The third-order valence-electron chi connectivity index (χ3n) is 2.55.